The van der Waals surface area contributed by atoms with E-state index in [1.54, 1.807) is 18.2 Å². The van der Waals surface area contributed by atoms with Gasteiger partial charge in [-0.2, -0.15) is 9.97 Å². The largest absolute Gasteiger partial charge is 0.508 e. The summed E-state index contributed by atoms with van der Waals surface area (Å²) >= 11 is 6.96. The third kappa shape index (κ3) is 5.37. The molecule has 10 heteroatoms. The van der Waals surface area contributed by atoms with Crippen molar-refractivity contribution in [2.45, 2.75) is 76.8 Å². The zero-order valence-electron chi connectivity index (χ0n) is 27.4. The van der Waals surface area contributed by atoms with E-state index in [2.05, 4.69) is 15.1 Å². The van der Waals surface area contributed by atoms with Crippen molar-refractivity contribution in [1.29, 1.82) is 0 Å². The fourth-order valence-electron chi connectivity index (χ4n) is 8.80. The molecule has 1 aromatic heterocycles. The fraction of sp³-hybridized carbons (Fsp3) is 0.526. The second kappa shape index (κ2) is 11.4. The molecule has 0 amide bonds. The van der Waals surface area contributed by atoms with Gasteiger partial charge in [-0.15, -0.1) is 0 Å². The summed E-state index contributed by atoms with van der Waals surface area (Å²) in [6.07, 6.45) is 10.2. The van der Waals surface area contributed by atoms with E-state index in [1.165, 1.54) is 37.8 Å². The molecule has 3 aromatic carbocycles. The molecule has 5 fully saturated rings. The highest BCUT2D eigenvalue weighted by Gasteiger charge is 2.49. The molecule has 48 heavy (non-hydrogen) atoms. The minimum absolute atomic E-state index is 0.0545. The lowest BCUT2D eigenvalue weighted by molar-refractivity contribution is 0.115. The van der Waals surface area contributed by atoms with Gasteiger partial charge in [-0.3, -0.25) is 0 Å². The number of aromatic nitrogens is 2. The van der Waals surface area contributed by atoms with Crippen LogP contribution in [-0.2, 0) is 6.42 Å². The average Bonchev–Trinajstić information content (AvgIpc) is 4.00. The molecule has 3 saturated heterocycles. The van der Waals surface area contributed by atoms with Gasteiger partial charge in [0.1, 0.15) is 22.9 Å². The van der Waals surface area contributed by atoms with Gasteiger partial charge in [0.25, 0.3) is 0 Å². The van der Waals surface area contributed by atoms with E-state index in [0.717, 1.165) is 58.4 Å². The van der Waals surface area contributed by atoms with Crippen molar-refractivity contribution >= 4 is 39.1 Å². The van der Waals surface area contributed by atoms with Gasteiger partial charge >= 0.3 is 6.01 Å². The Morgan fingerprint density at radius 1 is 1.00 bits per heavy atom. The first-order valence-electron chi connectivity index (χ1n) is 17.7. The number of rotatable bonds is 8. The van der Waals surface area contributed by atoms with Crippen molar-refractivity contribution in [2.24, 2.45) is 10.8 Å². The maximum atomic E-state index is 17.1. The normalized spacial score (nSPS) is 24.1. The number of likely N-dealkylation sites (tertiary alicyclic amines) is 1. The number of nitrogens with one attached hydrogen (secondary N) is 1. The van der Waals surface area contributed by atoms with Crippen LogP contribution in [0.25, 0.3) is 32.8 Å². The van der Waals surface area contributed by atoms with E-state index in [9.17, 15) is 5.11 Å². The smallest absolute Gasteiger partial charge is 0.319 e. The van der Waals surface area contributed by atoms with E-state index in [0.29, 0.717) is 63.6 Å². The van der Waals surface area contributed by atoms with Gasteiger partial charge in [0, 0.05) is 48.1 Å². The number of piperazine rings is 1. The molecular weight excluding hydrogens is 632 g/mol. The van der Waals surface area contributed by atoms with Crippen molar-refractivity contribution < 1.29 is 18.6 Å². The highest BCUT2D eigenvalue weighted by molar-refractivity contribution is 6.35. The molecule has 2 N–H and O–H groups in total. The van der Waals surface area contributed by atoms with E-state index in [4.69, 9.17) is 26.3 Å². The summed E-state index contributed by atoms with van der Waals surface area (Å²) < 4.78 is 38.6. The Morgan fingerprint density at radius 3 is 2.44 bits per heavy atom. The van der Waals surface area contributed by atoms with Gasteiger partial charge in [-0.1, -0.05) is 24.6 Å². The van der Waals surface area contributed by atoms with Gasteiger partial charge in [-0.25, -0.2) is 8.78 Å². The SMILES string of the molecule is CCc1c(F)ccc2cc(O)cc(-c3c(Cl)cc4c(N5CC6CCC(C5)N6)nc(OCC5(CN6CCC7(CC6)CC7)CC5)nc4c3F)c12. The molecule has 0 radical (unpaired) electrons. The van der Waals surface area contributed by atoms with E-state index >= 15 is 8.78 Å². The monoisotopic (exact) mass is 673 g/mol. The number of hydrogen-bond donors (Lipinski definition) is 2. The molecule has 9 rings (SSSR count). The number of fused-ring (bicyclic) bond motifs is 4. The lowest BCUT2D eigenvalue weighted by Crippen LogP contribution is -2.51. The van der Waals surface area contributed by atoms with Crippen LogP contribution in [0.3, 0.4) is 0 Å². The summed E-state index contributed by atoms with van der Waals surface area (Å²) in [5.41, 5.74) is 1.69. The zero-order chi connectivity index (χ0) is 32.8. The number of benzene rings is 3. The minimum Gasteiger partial charge on any atom is -0.508 e. The number of anilines is 1. The molecule has 2 saturated carbocycles. The van der Waals surface area contributed by atoms with Gasteiger partial charge in [0.2, 0.25) is 0 Å². The predicted molar refractivity (Wildman–Crippen MR) is 185 cm³/mol. The number of aromatic hydroxyl groups is 1. The molecule has 5 aliphatic rings. The number of ether oxygens (including phenoxy) is 1. The summed E-state index contributed by atoms with van der Waals surface area (Å²) in [5.74, 6) is -0.446. The number of hydrogen-bond acceptors (Lipinski definition) is 7. The third-order valence-corrected chi connectivity index (χ3v) is 12.3. The van der Waals surface area contributed by atoms with Gasteiger partial charge < -0.3 is 25.0 Å². The van der Waals surface area contributed by atoms with E-state index in [1.807, 2.05) is 6.92 Å². The Kier molecular flexibility index (Phi) is 7.30. The first-order chi connectivity index (χ1) is 23.2. The number of phenolic OH excluding ortho intramolecular Hbond substituents is 1. The second-order valence-corrected chi connectivity index (χ2v) is 15.8. The predicted octanol–water partition coefficient (Wildman–Crippen LogP) is 7.63. The zero-order valence-corrected chi connectivity index (χ0v) is 28.2. The molecule has 4 aromatic rings. The van der Waals surface area contributed by atoms with Gasteiger partial charge in [0.15, 0.2) is 5.82 Å². The number of halogens is 3. The molecule has 7 nitrogen and oxygen atoms in total. The van der Waals surface area contributed by atoms with Crippen molar-refractivity contribution in [2.75, 3.05) is 44.2 Å². The van der Waals surface area contributed by atoms with Crippen LogP contribution < -0.4 is 15.0 Å². The van der Waals surface area contributed by atoms with Crippen LogP contribution in [0.15, 0.2) is 30.3 Å². The lowest BCUT2D eigenvalue weighted by atomic mass is 9.92. The Balaban J connectivity index is 1.12. The van der Waals surface area contributed by atoms with E-state index in [-0.39, 0.29) is 39.1 Å². The molecule has 1 spiro atoms. The Hall–Kier alpha value is -3.27. The number of piperidine rings is 1. The van der Waals surface area contributed by atoms with Crippen LogP contribution >= 0.6 is 11.6 Å². The van der Waals surface area contributed by atoms with Gasteiger partial charge in [-0.05, 0) is 122 Å². The Morgan fingerprint density at radius 2 is 1.75 bits per heavy atom. The van der Waals surface area contributed by atoms with Crippen molar-refractivity contribution in [3.63, 3.8) is 0 Å². The maximum absolute atomic E-state index is 17.1. The number of nitrogens with zero attached hydrogens (tertiary/aromatic N) is 4. The highest BCUT2D eigenvalue weighted by Crippen LogP contribution is 2.55. The second-order valence-electron chi connectivity index (χ2n) is 15.4. The van der Waals surface area contributed by atoms with Crippen molar-refractivity contribution in [3.05, 3.63) is 52.6 Å². The van der Waals surface area contributed by atoms with Crippen molar-refractivity contribution in [3.8, 4) is 22.9 Å². The fourth-order valence-corrected chi connectivity index (χ4v) is 9.10. The number of phenols is 1. The summed E-state index contributed by atoms with van der Waals surface area (Å²) in [6.45, 7) is 7.18. The summed E-state index contributed by atoms with van der Waals surface area (Å²) in [6, 6.07) is 8.59. The average molecular weight is 674 g/mol. The summed E-state index contributed by atoms with van der Waals surface area (Å²) in [7, 11) is 0. The minimum atomic E-state index is -0.634. The Labute approximate surface area is 284 Å². The topological polar surface area (TPSA) is 73.8 Å². The molecular formula is C38H42ClF2N5O2. The lowest BCUT2D eigenvalue weighted by Gasteiger charge is -2.35. The molecule has 252 valence electrons. The number of aryl methyl sites for hydroxylation is 1. The molecule has 2 aliphatic carbocycles. The van der Waals surface area contributed by atoms with Crippen LogP contribution in [-0.4, -0.2) is 71.4 Å². The molecule has 2 bridgehead atoms. The van der Waals surface area contributed by atoms with Crippen LogP contribution in [0.1, 0.15) is 63.9 Å². The van der Waals surface area contributed by atoms with Crippen LogP contribution in [0.5, 0.6) is 11.8 Å². The molecule has 2 atom stereocenters. The van der Waals surface area contributed by atoms with Gasteiger partial charge in [0.05, 0.1) is 11.6 Å². The summed E-state index contributed by atoms with van der Waals surface area (Å²) in [4.78, 5) is 14.5. The standard InChI is InChI=1S/C38H42ClF2N5O2/c1-2-26-30(40)6-3-22-15-25(47)16-27(31(22)26)32-29(39)17-28-34(33(32)41)43-36(44-35(28)46-18-23-4-5-24(19-46)42-23)48-21-38(9-10-38)20-45-13-11-37(7-8-37)12-14-45/h3,6,15-17,23-24,42,47H,2,4-5,7-14,18-21H2,1H3. The highest BCUT2D eigenvalue weighted by atomic mass is 35.5. The first kappa shape index (κ1) is 30.8. The summed E-state index contributed by atoms with van der Waals surface area (Å²) in [5, 5.41) is 16.2. The first-order valence-corrected chi connectivity index (χ1v) is 18.1. The van der Waals surface area contributed by atoms with Crippen molar-refractivity contribution in [1.82, 2.24) is 20.2 Å². The third-order valence-electron chi connectivity index (χ3n) is 12.0. The van der Waals surface area contributed by atoms with Crippen LogP contribution in [0.4, 0.5) is 14.6 Å². The molecule has 4 heterocycles. The molecule has 2 unspecified atom stereocenters. The van der Waals surface area contributed by atoms with Crippen LogP contribution in [0.2, 0.25) is 5.02 Å². The van der Waals surface area contributed by atoms with E-state index < -0.39 is 5.82 Å². The quantitative estimate of drug-likeness (QED) is 0.199. The maximum Gasteiger partial charge on any atom is 0.319 e. The Bertz CT molecular complexity index is 1920. The van der Waals surface area contributed by atoms with Crippen LogP contribution in [0, 0.1) is 22.5 Å². The molecule has 3 aliphatic heterocycles.